The topological polar surface area (TPSA) is 34.1 Å². The number of thiazole rings is 1. The molecule has 3 rings (SSSR count). The highest BCUT2D eigenvalue weighted by Gasteiger charge is 2.05. The lowest BCUT2D eigenvalue weighted by atomic mass is 10.3. The minimum absolute atomic E-state index is 0.688. The van der Waals surface area contributed by atoms with Crippen molar-refractivity contribution in [3.63, 3.8) is 0 Å². The molecule has 19 heavy (non-hydrogen) atoms. The molecule has 2 aromatic heterocycles. The average molecular weight is 290 g/mol. The third kappa shape index (κ3) is 2.88. The van der Waals surface area contributed by atoms with Crippen LogP contribution >= 0.6 is 22.7 Å². The summed E-state index contributed by atoms with van der Waals surface area (Å²) in [6.45, 7) is 3.50. The summed E-state index contributed by atoms with van der Waals surface area (Å²) in [6.07, 6.45) is 0. The van der Waals surface area contributed by atoms with Gasteiger partial charge in [-0.05, 0) is 47.5 Å². The molecule has 0 atom stereocenters. The van der Waals surface area contributed by atoms with E-state index in [1.165, 1.54) is 5.56 Å². The van der Waals surface area contributed by atoms with Crippen molar-refractivity contribution in [1.82, 2.24) is 4.98 Å². The van der Waals surface area contributed by atoms with Crippen molar-refractivity contribution in [2.45, 2.75) is 13.5 Å². The standard InChI is InChI=1S/C14H14N2OS2/c1-2-17-11-3-4-12-13(7-11)19-14(16-12)15-8-10-5-6-18-9-10/h3-7,9H,2,8H2,1H3,(H,15,16). The van der Waals surface area contributed by atoms with Crippen molar-refractivity contribution in [2.75, 3.05) is 11.9 Å². The van der Waals surface area contributed by atoms with Crippen molar-refractivity contribution < 1.29 is 4.74 Å². The van der Waals surface area contributed by atoms with Gasteiger partial charge < -0.3 is 10.1 Å². The third-order valence-corrected chi connectivity index (χ3v) is 4.40. The van der Waals surface area contributed by atoms with Gasteiger partial charge in [-0.15, -0.1) is 0 Å². The predicted molar refractivity (Wildman–Crippen MR) is 82.4 cm³/mol. The van der Waals surface area contributed by atoms with Gasteiger partial charge in [0, 0.05) is 6.54 Å². The smallest absolute Gasteiger partial charge is 0.184 e. The number of rotatable bonds is 5. The molecule has 2 heterocycles. The molecule has 3 nitrogen and oxygen atoms in total. The molecule has 0 unspecified atom stereocenters. The fourth-order valence-electron chi connectivity index (χ4n) is 1.81. The van der Waals surface area contributed by atoms with Gasteiger partial charge in [-0.25, -0.2) is 4.98 Å². The van der Waals surface area contributed by atoms with Gasteiger partial charge in [0.05, 0.1) is 16.8 Å². The summed E-state index contributed by atoms with van der Waals surface area (Å²) in [6, 6.07) is 8.14. The summed E-state index contributed by atoms with van der Waals surface area (Å²) < 4.78 is 6.65. The van der Waals surface area contributed by atoms with Crippen LogP contribution < -0.4 is 10.1 Å². The van der Waals surface area contributed by atoms with Gasteiger partial charge in [-0.2, -0.15) is 11.3 Å². The number of thiophene rings is 1. The van der Waals surface area contributed by atoms with Crippen LogP contribution in [0, 0.1) is 0 Å². The molecule has 3 aromatic rings. The Balaban J connectivity index is 1.77. The summed E-state index contributed by atoms with van der Waals surface area (Å²) in [7, 11) is 0. The van der Waals surface area contributed by atoms with E-state index < -0.39 is 0 Å². The Morgan fingerprint density at radius 1 is 1.32 bits per heavy atom. The Kier molecular flexibility index (Phi) is 3.66. The van der Waals surface area contributed by atoms with Crippen LogP contribution in [0.4, 0.5) is 5.13 Å². The summed E-state index contributed by atoms with van der Waals surface area (Å²) in [5.74, 6) is 0.906. The Morgan fingerprint density at radius 3 is 3.05 bits per heavy atom. The first kappa shape index (κ1) is 12.4. The van der Waals surface area contributed by atoms with E-state index in [1.54, 1.807) is 22.7 Å². The molecule has 0 fully saturated rings. The zero-order valence-corrected chi connectivity index (χ0v) is 12.2. The molecule has 98 valence electrons. The van der Waals surface area contributed by atoms with E-state index in [-0.39, 0.29) is 0 Å². The highest BCUT2D eigenvalue weighted by Crippen LogP contribution is 2.29. The molecular weight excluding hydrogens is 276 g/mol. The van der Waals surface area contributed by atoms with E-state index in [0.717, 1.165) is 27.6 Å². The van der Waals surface area contributed by atoms with Crippen molar-refractivity contribution in [1.29, 1.82) is 0 Å². The normalized spacial score (nSPS) is 10.8. The lowest BCUT2D eigenvalue weighted by Crippen LogP contribution is -1.96. The van der Waals surface area contributed by atoms with E-state index >= 15 is 0 Å². The van der Waals surface area contributed by atoms with Gasteiger partial charge in [0.1, 0.15) is 5.75 Å². The fraction of sp³-hybridized carbons (Fsp3) is 0.214. The van der Waals surface area contributed by atoms with Crippen LogP contribution in [-0.2, 0) is 6.54 Å². The third-order valence-electron chi connectivity index (χ3n) is 2.69. The monoisotopic (exact) mass is 290 g/mol. The molecule has 0 saturated heterocycles. The minimum atomic E-state index is 0.688. The van der Waals surface area contributed by atoms with Crippen molar-refractivity contribution in [3.05, 3.63) is 40.6 Å². The zero-order valence-electron chi connectivity index (χ0n) is 10.6. The van der Waals surface area contributed by atoms with E-state index in [1.807, 2.05) is 25.1 Å². The number of nitrogens with one attached hydrogen (secondary N) is 1. The molecule has 0 saturated carbocycles. The molecule has 0 aliphatic rings. The van der Waals surface area contributed by atoms with Crippen LogP contribution in [0.5, 0.6) is 5.75 Å². The number of nitrogens with zero attached hydrogens (tertiary/aromatic N) is 1. The number of hydrogen-bond acceptors (Lipinski definition) is 5. The summed E-state index contributed by atoms with van der Waals surface area (Å²) >= 11 is 3.37. The molecule has 0 aliphatic carbocycles. The van der Waals surface area contributed by atoms with E-state index in [0.29, 0.717) is 6.61 Å². The molecule has 0 amide bonds. The molecular formula is C14H14N2OS2. The van der Waals surface area contributed by atoms with E-state index in [9.17, 15) is 0 Å². The van der Waals surface area contributed by atoms with Gasteiger partial charge in [0.15, 0.2) is 5.13 Å². The predicted octanol–water partition coefficient (Wildman–Crippen LogP) is 4.37. The Labute approximate surface area is 119 Å². The highest BCUT2D eigenvalue weighted by molar-refractivity contribution is 7.22. The van der Waals surface area contributed by atoms with Crippen LogP contribution in [-0.4, -0.2) is 11.6 Å². The van der Waals surface area contributed by atoms with Crippen LogP contribution in [0.3, 0.4) is 0 Å². The van der Waals surface area contributed by atoms with Crippen molar-refractivity contribution in [2.24, 2.45) is 0 Å². The molecule has 5 heteroatoms. The first-order valence-electron chi connectivity index (χ1n) is 6.13. The van der Waals surface area contributed by atoms with Gasteiger partial charge in [-0.3, -0.25) is 0 Å². The number of ether oxygens (including phenoxy) is 1. The Bertz CT molecular complexity index is 661. The number of benzene rings is 1. The maximum Gasteiger partial charge on any atom is 0.184 e. The van der Waals surface area contributed by atoms with Gasteiger partial charge >= 0.3 is 0 Å². The molecule has 0 bridgehead atoms. The largest absolute Gasteiger partial charge is 0.494 e. The van der Waals surface area contributed by atoms with Crippen LogP contribution in [0.2, 0.25) is 0 Å². The van der Waals surface area contributed by atoms with E-state index in [2.05, 4.69) is 27.1 Å². The Hall–Kier alpha value is -1.59. The first-order chi connectivity index (χ1) is 9.35. The molecule has 0 radical (unpaired) electrons. The van der Waals surface area contributed by atoms with Gasteiger partial charge in [0.2, 0.25) is 0 Å². The van der Waals surface area contributed by atoms with Crippen molar-refractivity contribution in [3.8, 4) is 5.75 Å². The SMILES string of the molecule is CCOc1ccc2nc(NCc3ccsc3)sc2c1. The van der Waals surface area contributed by atoms with E-state index in [4.69, 9.17) is 4.74 Å². The van der Waals surface area contributed by atoms with Crippen LogP contribution in [0.25, 0.3) is 10.2 Å². The number of aromatic nitrogens is 1. The lowest BCUT2D eigenvalue weighted by Gasteiger charge is -2.00. The summed E-state index contributed by atoms with van der Waals surface area (Å²) in [5, 5.41) is 8.55. The maximum absolute atomic E-state index is 5.50. The van der Waals surface area contributed by atoms with Crippen LogP contribution in [0.15, 0.2) is 35.0 Å². The van der Waals surface area contributed by atoms with Crippen molar-refractivity contribution >= 4 is 38.0 Å². The fourth-order valence-corrected chi connectivity index (χ4v) is 3.37. The molecule has 1 N–H and O–H groups in total. The first-order valence-corrected chi connectivity index (χ1v) is 7.89. The molecule has 0 aliphatic heterocycles. The zero-order chi connectivity index (χ0) is 13.1. The second kappa shape index (κ2) is 5.59. The second-order valence-electron chi connectivity index (χ2n) is 4.07. The van der Waals surface area contributed by atoms with Gasteiger partial charge in [0.25, 0.3) is 0 Å². The second-order valence-corrected chi connectivity index (χ2v) is 5.88. The van der Waals surface area contributed by atoms with Gasteiger partial charge in [-0.1, -0.05) is 11.3 Å². The lowest BCUT2D eigenvalue weighted by molar-refractivity contribution is 0.341. The Morgan fingerprint density at radius 2 is 2.26 bits per heavy atom. The molecule has 1 aromatic carbocycles. The number of fused-ring (bicyclic) bond motifs is 1. The van der Waals surface area contributed by atoms with Crippen LogP contribution in [0.1, 0.15) is 12.5 Å². The number of hydrogen-bond donors (Lipinski definition) is 1. The average Bonchev–Trinajstić information content (AvgIpc) is 3.05. The minimum Gasteiger partial charge on any atom is -0.494 e. The summed E-state index contributed by atoms with van der Waals surface area (Å²) in [4.78, 5) is 4.57. The maximum atomic E-state index is 5.50. The number of anilines is 1. The quantitative estimate of drug-likeness (QED) is 0.757. The summed E-state index contributed by atoms with van der Waals surface area (Å²) in [5.41, 5.74) is 2.31. The molecule has 0 spiro atoms. The highest BCUT2D eigenvalue weighted by atomic mass is 32.1.